The van der Waals surface area contributed by atoms with Crippen molar-refractivity contribution in [1.82, 2.24) is 15.0 Å². The molecule has 0 aliphatic carbocycles. The number of hydrogen-bond donors (Lipinski definition) is 0. The van der Waals surface area contributed by atoms with E-state index in [2.05, 4.69) is 26.1 Å². The maximum Gasteiger partial charge on any atom is 0.289 e. The zero-order valence-electron chi connectivity index (χ0n) is 11.0. The van der Waals surface area contributed by atoms with Gasteiger partial charge < -0.3 is 13.8 Å². The first-order valence-corrected chi connectivity index (χ1v) is 7.27. The number of furan rings is 1. The Hall–Kier alpha value is -1.63. The van der Waals surface area contributed by atoms with Crippen LogP contribution in [0.25, 0.3) is 0 Å². The van der Waals surface area contributed by atoms with Gasteiger partial charge in [0.1, 0.15) is 0 Å². The molecule has 3 rings (SSSR count). The van der Waals surface area contributed by atoms with Crippen molar-refractivity contribution in [2.45, 2.75) is 25.7 Å². The van der Waals surface area contributed by atoms with Gasteiger partial charge in [0.25, 0.3) is 5.91 Å². The van der Waals surface area contributed by atoms with E-state index in [1.54, 1.807) is 24.0 Å². The average molecular weight is 340 g/mol. The van der Waals surface area contributed by atoms with Gasteiger partial charge in [-0.3, -0.25) is 4.79 Å². The molecule has 0 unspecified atom stereocenters. The second kappa shape index (κ2) is 5.40. The zero-order valence-corrected chi connectivity index (χ0v) is 12.6. The summed E-state index contributed by atoms with van der Waals surface area (Å²) in [4.78, 5) is 18.4. The van der Waals surface area contributed by atoms with Crippen LogP contribution in [-0.4, -0.2) is 34.0 Å². The number of carbonyl (C=O) groups excluding carboxylic acids is 1. The summed E-state index contributed by atoms with van der Waals surface area (Å²) < 4.78 is 10.9. The molecular weight excluding hydrogens is 326 g/mol. The summed E-state index contributed by atoms with van der Waals surface area (Å²) in [5.74, 6) is 1.62. The molecular formula is C13H14BrN3O3. The molecule has 0 aromatic carbocycles. The number of rotatable bonds is 2. The largest absolute Gasteiger partial charge is 0.444 e. The maximum absolute atomic E-state index is 12.3. The number of aromatic nitrogens is 2. The molecule has 1 aliphatic rings. The molecule has 2 aromatic heterocycles. The van der Waals surface area contributed by atoms with E-state index in [0.717, 1.165) is 19.4 Å². The Morgan fingerprint density at radius 2 is 2.35 bits per heavy atom. The monoisotopic (exact) mass is 339 g/mol. The van der Waals surface area contributed by atoms with Crippen LogP contribution in [0.3, 0.4) is 0 Å². The van der Waals surface area contributed by atoms with E-state index < -0.39 is 0 Å². The molecule has 1 amide bonds. The first-order chi connectivity index (χ1) is 9.63. The fourth-order valence-electron chi connectivity index (χ4n) is 2.44. The minimum atomic E-state index is -0.0967. The van der Waals surface area contributed by atoms with Gasteiger partial charge in [-0.25, -0.2) is 0 Å². The third-order valence-electron chi connectivity index (χ3n) is 3.40. The number of aryl methyl sites for hydroxylation is 1. The van der Waals surface area contributed by atoms with Crippen molar-refractivity contribution in [3.8, 4) is 0 Å². The molecule has 3 heterocycles. The van der Waals surface area contributed by atoms with E-state index in [1.807, 2.05) is 0 Å². The highest BCUT2D eigenvalue weighted by molar-refractivity contribution is 9.10. The van der Waals surface area contributed by atoms with E-state index in [1.165, 1.54) is 0 Å². The lowest BCUT2D eigenvalue weighted by molar-refractivity contribution is 0.0670. The minimum absolute atomic E-state index is 0.0967. The SMILES string of the molecule is Cc1nc([C@@H]2CCCN(C(=O)c3ccc(Br)o3)C2)no1. The van der Waals surface area contributed by atoms with Gasteiger partial charge >= 0.3 is 0 Å². The van der Waals surface area contributed by atoms with Crippen LogP contribution in [0.4, 0.5) is 0 Å². The van der Waals surface area contributed by atoms with Gasteiger partial charge in [-0.15, -0.1) is 0 Å². The van der Waals surface area contributed by atoms with Crippen LogP contribution in [0.2, 0.25) is 0 Å². The highest BCUT2D eigenvalue weighted by atomic mass is 79.9. The minimum Gasteiger partial charge on any atom is -0.444 e. The van der Waals surface area contributed by atoms with Gasteiger partial charge in [-0.1, -0.05) is 5.16 Å². The smallest absolute Gasteiger partial charge is 0.289 e. The summed E-state index contributed by atoms with van der Waals surface area (Å²) in [7, 11) is 0. The highest BCUT2D eigenvalue weighted by Crippen LogP contribution is 2.26. The van der Waals surface area contributed by atoms with Crippen LogP contribution >= 0.6 is 15.9 Å². The Bertz CT molecular complexity index is 622. The molecule has 0 radical (unpaired) electrons. The number of halogens is 1. The number of amides is 1. The molecule has 0 N–H and O–H groups in total. The number of carbonyl (C=O) groups is 1. The predicted octanol–water partition coefficient (Wildman–Crippen LogP) is 2.75. The van der Waals surface area contributed by atoms with Crippen LogP contribution < -0.4 is 0 Å². The lowest BCUT2D eigenvalue weighted by atomic mass is 9.97. The third-order valence-corrected chi connectivity index (χ3v) is 3.83. The number of likely N-dealkylation sites (tertiary alicyclic amines) is 1. The molecule has 0 saturated carbocycles. The molecule has 6 nitrogen and oxygen atoms in total. The van der Waals surface area contributed by atoms with E-state index in [-0.39, 0.29) is 11.8 Å². The van der Waals surface area contributed by atoms with Crippen molar-refractivity contribution >= 4 is 21.8 Å². The van der Waals surface area contributed by atoms with Gasteiger partial charge in [0.2, 0.25) is 5.89 Å². The summed E-state index contributed by atoms with van der Waals surface area (Å²) in [6.45, 7) is 3.09. The van der Waals surface area contributed by atoms with Crippen LogP contribution in [0.1, 0.15) is 41.0 Å². The fraction of sp³-hybridized carbons (Fsp3) is 0.462. The van der Waals surface area contributed by atoms with Crippen molar-refractivity contribution in [1.29, 1.82) is 0 Å². The van der Waals surface area contributed by atoms with Gasteiger partial charge in [0, 0.05) is 25.9 Å². The Kier molecular flexibility index (Phi) is 3.60. The summed E-state index contributed by atoms with van der Waals surface area (Å²) in [6.07, 6.45) is 1.89. The second-order valence-electron chi connectivity index (χ2n) is 4.87. The van der Waals surface area contributed by atoms with Crippen molar-refractivity contribution in [3.05, 3.63) is 34.3 Å². The first kappa shape index (κ1) is 13.4. The summed E-state index contributed by atoms with van der Waals surface area (Å²) in [5.41, 5.74) is 0. The molecule has 1 saturated heterocycles. The van der Waals surface area contributed by atoms with E-state index in [4.69, 9.17) is 8.94 Å². The number of nitrogens with zero attached hydrogens (tertiary/aromatic N) is 3. The van der Waals surface area contributed by atoms with E-state index in [9.17, 15) is 4.79 Å². The standard InChI is InChI=1S/C13H14BrN3O3/c1-8-15-12(16-20-8)9-3-2-6-17(7-9)13(18)10-4-5-11(14)19-10/h4-5,9H,2-3,6-7H2,1H3/t9-/m1/s1. The summed E-state index contributed by atoms with van der Waals surface area (Å²) in [6, 6.07) is 3.39. The second-order valence-corrected chi connectivity index (χ2v) is 5.65. The van der Waals surface area contributed by atoms with Gasteiger partial charge in [0.15, 0.2) is 16.3 Å². The normalized spacial score (nSPS) is 19.3. The quantitative estimate of drug-likeness (QED) is 0.841. The lowest BCUT2D eigenvalue weighted by Crippen LogP contribution is -2.39. The molecule has 0 bridgehead atoms. The van der Waals surface area contributed by atoms with Crippen LogP contribution in [0, 0.1) is 6.92 Å². The predicted molar refractivity (Wildman–Crippen MR) is 73.3 cm³/mol. The topological polar surface area (TPSA) is 72.4 Å². The van der Waals surface area contributed by atoms with Crippen molar-refractivity contribution in [2.75, 3.05) is 13.1 Å². The zero-order chi connectivity index (χ0) is 14.1. The molecule has 20 heavy (non-hydrogen) atoms. The molecule has 7 heteroatoms. The Morgan fingerprint density at radius 3 is 3.00 bits per heavy atom. The molecule has 1 atom stereocenters. The average Bonchev–Trinajstić information content (AvgIpc) is 3.07. The molecule has 2 aromatic rings. The molecule has 106 valence electrons. The van der Waals surface area contributed by atoms with Crippen molar-refractivity contribution in [3.63, 3.8) is 0 Å². The summed E-state index contributed by atoms with van der Waals surface area (Å²) >= 11 is 3.21. The Balaban J connectivity index is 1.73. The summed E-state index contributed by atoms with van der Waals surface area (Å²) in [5, 5.41) is 3.96. The lowest BCUT2D eigenvalue weighted by Gasteiger charge is -2.30. The van der Waals surface area contributed by atoms with Crippen LogP contribution in [-0.2, 0) is 0 Å². The highest BCUT2D eigenvalue weighted by Gasteiger charge is 2.29. The Morgan fingerprint density at radius 1 is 1.50 bits per heavy atom. The van der Waals surface area contributed by atoms with Crippen molar-refractivity contribution in [2.24, 2.45) is 0 Å². The molecule has 1 fully saturated rings. The maximum atomic E-state index is 12.3. The van der Waals surface area contributed by atoms with Gasteiger partial charge in [-0.2, -0.15) is 4.98 Å². The van der Waals surface area contributed by atoms with Gasteiger partial charge in [0.05, 0.1) is 0 Å². The molecule has 0 spiro atoms. The van der Waals surface area contributed by atoms with Crippen LogP contribution in [0.15, 0.2) is 25.7 Å². The molecule has 1 aliphatic heterocycles. The third kappa shape index (κ3) is 2.63. The fourth-order valence-corrected chi connectivity index (χ4v) is 2.74. The van der Waals surface area contributed by atoms with Crippen LogP contribution in [0.5, 0.6) is 0 Å². The van der Waals surface area contributed by atoms with Gasteiger partial charge in [-0.05, 0) is 40.9 Å². The first-order valence-electron chi connectivity index (χ1n) is 6.48. The Labute approximate surface area is 124 Å². The number of piperidine rings is 1. The number of hydrogen-bond acceptors (Lipinski definition) is 5. The van der Waals surface area contributed by atoms with E-state index in [0.29, 0.717) is 28.7 Å². The van der Waals surface area contributed by atoms with E-state index >= 15 is 0 Å². The van der Waals surface area contributed by atoms with Crippen molar-refractivity contribution < 1.29 is 13.7 Å².